The summed E-state index contributed by atoms with van der Waals surface area (Å²) in [4.78, 5) is 24.7. The molecule has 0 aliphatic heterocycles. The van der Waals surface area contributed by atoms with E-state index in [1.54, 1.807) is 31.2 Å². The van der Waals surface area contributed by atoms with E-state index in [9.17, 15) is 18.0 Å². The van der Waals surface area contributed by atoms with Crippen LogP contribution in [0.2, 0.25) is 0 Å². The van der Waals surface area contributed by atoms with Crippen molar-refractivity contribution in [3.05, 3.63) is 105 Å². The summed E-state index contributed by atoms with van der Waals surface area (Å²) in [6.07, 6.45) is 0. The fraction of sp³-hybridized carbons (Fsp3) is 0.185. The zero-order chi connectivity index (χ0) is 25.2. The Morgan fingerprint density at radius 3 is 2.31 bits per heavy atom. The van der Waals surface area contributed by atoms with Gasteiger partial charge in [-0.1, -0.05) is 30.3 Å². The molecule has 0 fully saturated rings. The van der Waals surface area contributed by atoms with E-state index >= 15 is 0 Å². The van der Waals surface area contributed by atoms with Gasteiger partial charge in [-0.15, -0.1) is 0 Å². The first-order valence-corrected chi connectivity index (χ1v) is 12.5. The number of rotatable bonds is 7. The minimum absolute atomic E-state index is 0.0669. The number of nitrogens with zero attached hydrogens (tertiary/aromatic N) is 1. The first-order valence-electron chi connectivity index (χ1n) is 11.1. The molecule has 3 aromatic carbocycles. The number of sulfonamides is 1. The number of anilines is 1. The number of ether oxygens (including phenoxy) is 1. The molecule has 0 atom stereocenters. The van der Waals surface area contributed by atoms with Crippen molar-refractivity contribution in [3.63, 3.8) is 0 Å². The molecule has 0 bridgehead atoms. The fourth-order valence-corrected chi connectivity index (χ4v) is 5.32. The third-order valence-corrected chi connectivity index (χ3v) is 7.80. The van der Waals surface area contributed by atoms with E-state index in [1.165, 1.54) is 34.6 Å². The molecule has 180 valence electrons. The molecule has 4 aromatic rings. The van der Waals surface area contributed by atoms with Crippen molar-refractivity contribution in [2.45, 2.75) is 32.3 Å². The summed E-state index contributed by atoms with van der Waals surface area (Å²) in [5.74, 6) is -0.630. The van der Waals surface area contributed by atoms with Gasteiger partial charge in [0.1, 0.15) is 12.2 Å². The molecule has 35 heavy (non-hydrogen) atoms. The van der Waals surface area contributed by atoms with Crippen LogP contribution in [-0.4, -0.2) is 20.9 Å². The maximum Gasteiger partial charge on any atom is 0.338 e. The second kappa shape index (κ2) is 9.76. The molecule has 0 amide bonds. The van der Waals surface area contributed by atoms with Crippen molar-refractivity contribution >= 4 is 32.6 Å². The van der Waals surface area contributed by atoms with Crippen molar-refractivity contribution in [1.29, 1.82) is 0 Å². The highest BCUT2D eigenvalue weighted by Gasteiger charge is 2.24. The van der Waals surface area contributed by atoms with Gasteiger partial charge >= 0.3 is 11.6 Å². The van der Waals surface area contributed by atoms with Gasteiger partial charge in [0.25, 0.3) is 10.0 Å². The molecule has 0 spiro atoms. The van der Waals surface area contributed by atoms with Crippen LogP contribution in [-0.2, 0) is 21.4 Å². The number of aryl methyl sites for hydroxylation is 2. The highest BCUT2D eigenvalue weighted by molar-refractivity contribution is 7.92. The number of esters is 1. The lowest BCUT2D eigenvalue weighted by Crippen LogP contribution is -2.30. The second-order valence-corrected chi connectivity index (χ2v) is 9.94. The quantitative estimate of drug-likeness (QED) is 0.267. The van der Waals surface area contributed by atoms with Crippen molar-refractivity contribution in [2.24, 2.45) is 0 Å². The lowest BCUT2D eigenvalue weighted by molar-refractivity contribution is 0.0473. The maximum absolute atomic E-state index is 13.1. The van der Waals surface area contributed by atoms with Gasteiger partial charge in [0.05, 0.1) is 16.1 Å². The van der Waals surface area contributed by atoms with Crippen LogP contribution in [0.25, 0.3) is 11.0 Å². The van der Waals surface area contributed by atoms with Crippen LogP contribution in [0.15, 0.2) is 86.9 Å². The molecule has 4 rings (SSSR count). The first kappa shape index (κ1) is 24.2. The average molecular weight is 492 g/mol. The number of hydrogen-bond acceptors (Lipinski definition) is 6. The number of para-hydroxylation sites is 1. The lowest BCUT2D eigenvalue weighted by atomic mass is 10.0. The normalized spacial score (nSPS) is 11.4. The molecule has 0 aliphatic carbocycles. The Morgan fingerprint density at radius 1 is 0.971 bits per heavy atom. The largest absolute Gasteiger partial charge is 0.457 e. The zero-order valence-corrected chi connectivity index (χ0v) is 20.5. The van der Waals surface area contributed by atoms with Gasteiger partial charge in [0.2, 0.25) is 0 Å². The van der Waals surface area contributed by atoms with Gasteiger partial charge in [0.15, 0.2) is 0 Å². The van der Waals surface area contributed by atoms with E-state index < -0.39 is 21.6 Å². The smallest absolute Gasteiger partial charge is 0.338 e. The van der Waals surface area contributed by atoms with Crippen LogP contribution in [0.3, 0.4) is 0 Å². The molecule has 8 heteroatoms. The highest BCUT2D eigenvalue weighted by atomic mass is 32.2. The Hall–Kier alpha value is -3.91. The Morgan fingerprint density at radius 2 is 1.66 bits per heavy atom. The fourth-order valence-electron chi connectivity index (χ4n) is 3.85. The van der Waals surface area contributed by atoms with Crippen molar-refractivity contribution in [2.75, 3.05) is 10.8 Å². The molecule has 7 nitrogen and oxygen atoms in total. The van der Waals surface area contributed by atoms with E-state index in [-0.39, 0.29) is 23.6 Å². The van der Waals surface area contributed by atoms with E-state index in [2.05, 4.69) is 0 Å². The number of carbonyl (C=O) groups is 1. The van der Waals surface area contributed by atoms with Gasteiger partial charge in [-0.2, -0.15) is 0 Å². The predicted molar refractivity (Wildman–Crippen MR) is 134 cm³/mol. The van der Waals surface area contributed by atoms with Crippen LogP contribution in [0.5, 0.6) is 0 Å². The topological polar surface area (TPSA) is 93.9 Å². The lowest BCUT2D eigenvalue weighted by Gasteiger charge is -2.22. The summed E-state index contributed by atoms with van der Waals surface area (Å²) in [5.41, 5.74) is 3.07. The molecule has 0 saturated heterocycles. The van der Waals surface area contributed by atoms with Gasteiger partial charge in [-0.25, -0.2) is 18.0 Å². The summed E-state index contributed by atoms with van der Waals surface area (Å²) in [6.45, 7) is 5.68. The molecular weight excluding hydrogens is 466 g/mol. The Balaban J connectivity index is 1.53. The third-order valence-electron chi connectivity index (χ3n) is 5.89. The molecule has 0 aliphatic rings. The van der Waals surface area contributed by atoms with Crippen LogP contribution in [0.1, 0.15) is 34.0 Å². The molecule has 0 saturated carbocycles. The number of fused-ring (bicyclic) bond motifs is 1. The molecule has 0 radical (unpaired) electrons. The summed E-state index contributed by atoms with van der Waals surface area (Å²) >= 11 is 0. The summed E-state index contributed by atoms with van der Waals surface area (Å²) in [5, 5.41) is 0.697. The van der Waals surface area contributed by atoms with Crippen molar-refractivity contribution in [1.82, 2.24) is 0 Å². The van der Waals surface area contributed by atoms with Crippen LogP contribution in [0, 0.1) is 13.8 Å². The molecule has 1 aromatic heterocycles. The SMILES string of the molecule is CCN(c1ccccc1)S(=O)(=O)c1ccc(C(=O)OCc2cc(=O)oc3c(C)c(C)ccc23)cc1. The summed E-state index contributed by atoms with van der Waals surface area (Å²) < 4.78 is 38.4. The zero-order valence-electron chi connectivity index (χ0n) is 19.6. The monoisotopic (exact) mass is 491 g/mol. The molecule has 1 heterocycles. The first-order chi connectivity index (χ1) is 16.7. The Bertz CT molecular complexity index is 1540. The third kappa shape index (κ3) is 4.83. The molecule has 0 N–H and O–H groups in total. The van der Waals surface area contributed by atoms with Crippen LogP contribution < -0.4 is 9.93 Å². The van der Waals surface area contributed by atoms with Crippen molar-refractivity contribution in [3.8, 4) is 0 Å². The molecular formula is C27H25NO6S. The van der Waals surface area contributed by atoms with Gasteiger partial charge in [-0.3, -0.25) is 4.31 Å². The standard InChI is InChI=1S/C27H25NO6S/c1-4-28(22-8-6-5-7-9-22)35(31,32)23-13-11-20(12-14-23)27(30)33-17-21-16-25(29)34-26-19(3)18(2)10-15-24(21)26/h5-16H,4,17H2,1-3H3. The number of hydrogen-bond donors (Lipinski definition) is 0. The minimum atomic E-state index is -3.80. The summed E-state index contributed by atoms with van der Waals surface area (Å²) in [7, 11) is -3.80. The van der Waals surface area contributed by atoms with Crippen LogP contribution in [0.4, 0.5) is 5.69 Å². The predicted octanol–water partition coefficient (Wildman–Crippen LogP) is 4.98. The number of carbonyl (C=O) groups excluding carboxylic acids is 1. The van der Waals surface area contributed by atoms with Gasteiger partial charge in [-0.05, 0) is 68.3 Å². The highest BCUT2D eigenvalue weighted by Crippen LogP contribution is 2.25. The van der Waals surface area contributed by atoms with Gasteiger partial charge < -0.3 is 9.15 Å². The van der Waals surface area contributed by atoms with Gasteiger partial charge in [0, 0.05) is 23.6 Å². The second-order valence-electron chi connectivity index (χ2n) is 8.08. The number of benzene rings is 3. The van der Waals surface area contributed by atoms with E-state index in [4.69, 9.17) is 9.15 Å². The Kier molecular flexibility index (Phi) is 6.75. The van der Waals surface area contributed by atoms with Crippen LogP contribution >= 0.6 is 0 Å². The van der Waals surface area contributed by atoms with E-state index in [1.807, 2.05) is 32.0 Å². The van der Waals surface area contributed by atoms with E-state index in [0.29, 0.717) is 22.2 Å². The van der Waals surface area contributed by atoms with Crippen molar-refractivity contribution < 1.29 is 22.4 Å². The van der Waals surface area contributed by atoms with E-state index in [0.717, 1.165) is 11.1 Å². The summed E-state index contributed by atoms with van der Waals surface area (Å²) in [6, 6.07) is 19.5. The minimum Gasteiger partial charge on any atom is -0.457 e. The average Bonchev–Trinajstić information content (AvgIpc) is 2.86. The maximum atomic E-state index is 13.1. The Labute approximate surface area is 203 Å². The molecule has 0 unspecified atom stereocenters.